The number of allylic oxidation sites excluding steroid dienone is 2. The Kier molecular flexibility index (Phi) is 4.00. The van der Waals surface area contributed by atoms with Crippen molar-refractivity contribution in [3.8, 4) is 0 Å². The first-order valence-electron chi connectivity index (χ1n) is 5.13. The van der Waals surface area contributed by atoms with E-state index in [2.05, 4.69) is 13.0 Å². The summed E-state index contributed by atoms with van der Waals surface area (Å²) in [5.41, 5.74) is 0. The fraction of sp³-hybridized carbons (Fsp3) is 0.727. The van der Waals surface area contributed by atoms with E-state index in [9.17, 15) is 4.79 Å². The van der Waals surface area contributed by atoms with Crippen LogP contribution in [0.3, 0.4) is 0 Å². The third-order valence-electron chi connectivity index (χ3n) is 2.83. The Labute approximate surface area is 79.6 Å². The van der Waals surface area contributed by atoms with Crippen LogP contribution in [-0.4, -0.2) is 11.1 Å². The third kappa shape index (κ3) is 2.87. The van der Waals surface area contributed by atoms with Crippen molar-refractivity contribution >= 4 is 5.97 Å². The lowest BCUT2D eigenvalue weighted by atomic mass is 9.74. The quantitative estimate of drug-likeness (QED) is 0.664. The standard InChI is InChI=1S/C11H18O2/c1-2-3-4-8-10(11(12)13)9-6-5-7-9/h3-4,9-10H,2,5-8H2,1H3,(H,12,13). The summed E-state index contributed by atoms with van der Waals surface area (Å²) < 4.78 is 0. The van der Waals surface area contributed by atoms with Crippen LogP contribution in [0.1, 0.15) is 39.0 Å². The zero-order chi connectivity index (χ0) is 9.68. The molecule has 1 aliphatic rings. The summed E-state index contributed by atoms with van der Waals surface area (Å²) in [6.07, 6.45) is 9.20. The lowest BCUT2D eigenvalue weighted by Crippen LogP contribution is -2.28. The molecule has 0 aromatic carbocycles. The Morgan fingerprint density at radius 3 is 2.62 bits per heavy atom. The van der Waals surface area contributed by atoms with Crippen molar-refractivity contribution in [2.24, 2.45) is 11.8 Å². The van der Waals surface area contributed by atoms with Gasteiger partial charge in [-0.15, -0.1) is 0 Å². The predicted octanol–water partition coefficient (Wildman–Crippen LogP) is 2.84. The molecule has 0 bridgehead atoms. The molecule has 74 valence electrons. The summed E-state index contributed by atoms with van der Waals surface area (Å²) in [6.45, 7) is 2.07. The normalized spacial score (nSPS) is 20.1. The molecule has 0 heterocycles. The first kappa shape index (κ1) is 10.3. The number of hydrogen-bond acceptors (Lipinski definition) is 1. The maximum Gasteiger partial charge on any atom is 0.307 e. The lowest BCUT2D eigenvalue weighted by Gasteiger charge is -2.30. The summed E-state index contributed by atoms with van der Waals surface area (Å²) in [7, 11) is 0. The Hall–Kier alpha value is -0.790. The van der Waals surface area contributed by atoms with Gasteiger partial charge in [-0.05, 0) is 31.6 Å². The Balaban J connectivity index is 2.37. The van der Waals surface area contributed by atoms with Crippen LogP contribution in [0.15, 0.2) is 12.2 Å². The number of hydrogen-bond donors (Lipinski definition) is 1. The van der Waals surface area contributed by atoms with Crippen molar-refractivity contribution in [3.63, 3.8) is 0 Å². The SMILES string of the molecule is CCC=CCC(C(=O)O)C1CCC1. The molecule has 0 spiro atoms. The number of carboxylic acid groups (broad SMARTS) is 1. The van der Waals surface area contributed by atoms with Gasteiger partial charge in [0, 0.05) is 0 Å². The summed E-state index contributed by atoms with van der Waals surface area (Å²) in [5.74, 6) is -0.305. The van der Waals surface area contributed by atoms with E-state index in [0.717, 1.165) is 19.3 Å². The average molecular weight is 182 g/mol. The van der Waals surface area contributed by atoms with Gasteiger partial charge in [-0.1, -0.05) is 25.5 Å². The van der Waals surface area contributed by atoms with E-state index in [1.807, 2.05) is 6.08 Å². The van der Waals surface area contributed by atoms with Crippen LogP contribution in [0.5, 0.6) is 0 Å². The monoisotopic (exact) mass is 182 g/mol. The second kappa shape index (κ2) is 5.05. The largest absolute Gasteiger partial charge is 0.481 e. The van der Waals surface area contributed by atoms with Gasteiger partial charge in [-0.2, -0.15) is 0 Å². The summed E-state index contributed by atoms with van der Waals surface area (Å²) in [6, 6.07) is 0. The van der Waals surface area contributed by atoms with Crippen LogP contribution in [0.4, 0.5) is 0 Å². The molecule has 1 saturated carbocycles. The molecule has 2 heteroatoms. The van der Waals surface area contributed by atoms with E-state index in [1.54, 1.807) is 0 Å². The molecule has 0 aliphatic heterocycles. The average Bonchev–Trinajstić information content (AvgIpc) is 1.99. The van der Waals surface area contributed by atoms with Crippen molar-refractivity contribution in [1.82, 2.24) is 0 Å². The summed E-state index contributed by atoms with van der Waals surface area (Å²) >= 11 is 0. The van der Waals surface area contributed by atoms with Crippen LogP contribution in [0, 0.1) is 11.8 Å². The van der Waals surface area contributed by atoms with Gasteiger partial charge in [0.2, 0.25) is 0 Å². The van der Waals surface area contributed by atoms with E-state index in [1.165, 1.54) is 6.42 Å². The van der Waals surface area contributed by atoms with Crippen LogP contribution >= 0.6 is 0 Å². The highest BCUT2D eigenvalue weighted by atomic mass is 16.4. The molecule has 1 N–H and O–H groups in total. The summed E-state index contributed by atoms with van der Waals surface area (Å²) in [4.78, 5) is 10.9. The minimum Gasteiger partial charge on any atom is -0.481 e. The highest BCUT2D eigenvalue weighted by molar-refractivity contribution is 5.70. The third-order valence-corrected chi connectivity index (χ3v) is 2.83. The first-order chi connectivity index (χ1) is 6.25. The molecule has 1 unspecified atom stereocenters. The van der Waals surface area contributed by atoms with Gasteiger partial charge in [0.05, 0.1) is 5.92 Å². The molecule has 1 atom stereocenters. The van der Waals surface area contributed by atoms with E-state index >= 15 is 0 Å². The molecule has 0 amide bonds. The molecular formula is C11H18O2. The van der Waals surface area contributed by atoms with Crippen molar-refractivity contribution in [2.75, 3.05) is 0 Å². The molecule has 1 fully saturated rings. The number of carboxylic acids is 1. The smallest absolute Gasteiger partial charge is 0.307 e. The number of aliphatic carboxylic acids is 1. The van der Waals surface area contributed by atoms with Crippen LogP contribution in [0.2, 0.25) is 0 Å². The van der Waals surface area contributed by atoms with E-state index in [0.29, 0.717) is 12.3 Å². The Bertz CT molecular complexity index is 192. The molecule has 0 aromatic rings. The molecule has 0 radical (unpaired) electrons. The van der Waals surface area contributed by atoms with Gasteiger partial charge < -0.3 is 5.11 Å². The minimum absolute atomic E-state index is 0.128. The highest BCUT2D eigenvalue weighted by Crippen LogP contribution is 2.35. The fourth-order valence-electron chi connectivity index (χ4n) is 1.75. The molecule has 2 nitrogen and oxygen atoms in total. The van der Waals surface area contributed by atoms with E-state index in [4.69, 9.17) is 5.11 Å². The van der Waals surface area contributed by atoms with E-state index in [-0.39, 0.29) is 5.92 Å². The van der Waals surface area contributed by atoms with Crippen molar-refractivity contribution in [1.29, 1.82) is 0 Å². The van der Waals surface area contributed by atoms with Crippen molar-refractivity contribution in [3.05, 3.63) is 12.2 Å². The van der Waals surface area contributed by atoms with Crippen LogP contribution in [0.25, 0.3) is 0 Å². The minimum atomic E-state index is -0.620. The lowest BCUT2D eigenvalue weighted by molar-refractivity contribution is -0.144. The summed E-state index contributed by atoms with van der Waals surface area (Å²) in [5, 5.41) is 8.97. The maximum absolute atomic E-state index is 10.9. The molecule has 1 aliphatic carbocycles. The molecule has 13 heavy (non-hydrogen) atoms. The topological polar surface area (TPSA) is 37.3 Å². The molecule has 1 rings (SSSR count). The Morgan fingerprint density at radius 2 is 2.23 bits per heavy atom. The second-order valence-corrected chi connectivity index (χ2v) is 3.75. The molecule has 0 saturated heterocycles. The van der Waals surface area contributed by atoms with Crippen LogP contribution in [-0.2, 0) is 4.79 Å². The van der Waals surface area contributed by atoms with Gasteiger partial charge in [0.1, 0.15) is 0 Å². The Morgan fingerprint density at radius 1 is 1.54 bits per heavy atom. The van der Waals surface area contributed by atoms with Gasteiger partial charge in [-0.3, -0.25) is 4.79 Å². The first-order valence-corrected chi connectivity index (χ1v) is 5.13. The second-order valence-electron chi connectivity index (χ2n) is 3.75. The van der Waals surface area contributed by atoms with Gasteiger partial charge in [0.25, 0.3) is 0 Å². The van der Waals surface area contributed by atoms with Crippen LogP contribution < -0.4 is 0 Å². The highest BCUT2D eigenvalue weighted by Gasteiger charge is 2.31. The van der Waals surface area contributed by atoms with Gasteiger partial charge in [0.15, 0.2) is 0 Å². The van der Waals surface area contributed by atoms with Crippen molar-refractivity contribution in [2.45, 2.75) is 39.0 Å². The molecular weight excluding hydrogens is 164 g/mol. The van der Waals surface area contributed by atoms with Gasteiger partial charge in [-0.25, -0.2) is 0 Å². The zero-order valence-electron chi connectivity index (χ0n) is 8.20. The zero-order valence-corrected chi connectivity index (χ0v) is 8.20. The van der Waals surface area contributed by atoms with Crippen molar-refractivity contribution < 1.29 is 9.90 Å². The van der Waals surface area contributed by atoms with Gasteiger partial charge >= 0.3 is 5.97 Å². The van der Waals surface area contributed by atoms with E-state index < -0.39 is 5.97 Å². The maximum atomic E-state index is 10.9. The number of carbonyl (C=O) groups is 1. The number of rotatable bonds is 5. The predicted molar refractivity (Wildman–Crippen MR) is 52.5 cm³/mol. The fourth-order valence-corrected chi connectivity index (χ4v) is 1.75. The molecule has 0 aromatic heterocycles.